The van der Waals surface area contributed by atoms with Crippen LogP contribution in [-0.2, 0) is 9.53 Å². The van der Waals surface area contributed by atoms with Gasteiger partial charge in [0.05, 0.1) is 13.7 Å². The average Bonchev–Trinajstić information content (AvgIpc) is 2.97. The van der Waals surface area contributed by atoms with Crippen LogP contribution >= 0.6 is 7.05 Å². The van der Waals surface area contributed by atoms with Crippen molar-refractivity contribution in [1.82, 2.24) is 0 Å². The number of esters is 1. The minimum absolute atomic E-state index is 0.275. The van der Waals surface area contributed by atoms with Crippen LogP contribution in [0.5, 0.6) is 0 Å². The van der Waals surface area contributed by atoms with Gasteiger partial charge in [-0.25, -0.2) is 9.54 Å². The summed E-state index contributed by atoms with van der Waals surface area (Å²) in [7, 11) is -2.59. The highest BCUT2D eigenvalue weighted by Gasteiger charge is 2.29. The van der Waals surface area contributed by atoms with Gasteiger partial charge in [0.25, 0.3) is 0 Å². The van der Waals surface area contributed by atoms with Crippen LogP contribution in [0.4, 0.5) is 0 Å². The molecule has 0 aliphatic heterocycles. The van der Waals surface area contributed by atoms with E-state index in [-0.39, 0.29) is 12.3 Å². The molecular formula is C33H30NO2P. The molecule has 4 aromatic carbocycles. The van der Waals surface area contributed by atoms with Gasteiger partial charge in [0.1, 0.15) is 5.70 Å². The Balaban J connectivity index is 1.91. The fraction of sp³-hybridized carbons (Fsp3) is 0.0606. The van der Waals surface area contributed by atoms with Crippen LogP contribution in [0.2, 0.25) is 0 Å². The minimum atomic E-state index is -2.59. The molecule has 0 aliphatic carbocycles. The van der Waals surface area contributed by atoms with Gasteiger partial charge in [0.15, 0.2) is 0 Å². The monoisotopic (exact) mass is 503 g/mol. The molecule has 0 N–H and O–H groups in total. The molecule has 0 heterocycles. The lowest BCUT2D eigenvalue weighted by molar-refractivity contribution is -0.138. The van der Waals surface area contributed by atoms with E-state index in [0.717, 1.165) is 21.5 Å². The number of nitrogens with zero attached hydrogens (tertiary/aromatic N) is 1. The third-order valence-electron chi connectivity index (χ3n) is 5.70. The Morgan fingerprint density at radius 3 is 1.59 bits per heavy atom. The standard InChI is InChI=1S/C33H30NO2P/c1-2-36-33(35)32(27-17-4-10-20-28-18-8-3-9-19-28)34-37(29-21-11-5-12-22-29,30-23-13-6-14-24-30)31-25-15-7-16-26-31/h3-27H,2H2,1H3/b17-4+,20-10+,32-27-. The van der Waals surface area contributed by atoms with Crippen LogP contribution in [0.1, 0.15) is 12.5 Å². The number of hydrogen-bond donors (Lipinski definition) is 0. The van der Waals surface area contributed by atoms with Crippen LogP contribution in [0, 0.1) is 0 Å². The lowest BCUT2D eigenvalue weighted by Gasteiger charge is -2.27. The molecule has 0 aromatic heterocycles. The molecule has 4 aromatic rings. The second kappa shape index (κ2) is 13.2. The summed E-state index contributed by atoms with van der Waals surface area (Å²) in [6.07, 6.45) is 9.44. The highest BCUT2D eigenvalue weighted by atomic mass is 31.2. The van der Waals surface area contributed by atoms with E-state index >= 15 is 0 Å². The van der Waals surface area contributed by atoms with Gasteiger partial charge in [0, 0.05) is 15.9 Å². The molecule has 0 fully saturated rings. The first-order valence-corrected chi connectivity index (χ1v) is 14.0. The Hall–Kier alpha value is -4.20. The highest BCUT2D eigenvalue weighted by Crippen LogP contribution is 2.47. The fourth-order valence-corrected chi connectivity index (χ4v) is 7.53. The molecule has 0 spiro atoms. The van der Waals surface area contributed by atoms with Crippen LogP contribution in [-0.4, -0.2) is 12.6 Å². The molecule has 0 amide bonds. The maximum absolute atomic E-state index is 13.2. The second-order valence-electron chi connectivity index (χ2n) is 8.17. The Morgan fingerprint density at radius 2 is 1.14 bits per heavy atom. The summed E-state index contributed by atoms with van der Waals surface area (Å²) >= 11 is 0. The summed E-state index contributed by atoms with van der Waals surface area (Å²) in [4.78, 5) is 13.2. The summed E-state index contributed by atoms with van der Waals surface area (Å²) in [5.41, 5.74) is 1.39. The number of ether oxygens (including phenoxy) is 1. The van der Waals surface area contributed by atoms with Gasteiger partial charge in [-0.1, -0.05) is 146 Å². The average molecular weight is 504 g/mol. The third-order valence-corrected chi connectivity index (χ3v) is 9.35. The maximum Gasteiger partial charge on any atom is 0.356 e. The fourth-order valence-electron chi connectivity index (χ4n) is 4.00. The van der Waals surface area contributed by atoms with E-state index in [2.05, 4.69) is 36.4 Å². The Labute approximate surface area is 219 Å². The SMILES string of the molecule is CCOC(=O)/C(=C/C=C/C=C/c1ccccc1)N=P(c1ccccc1)(c1ccccc1)c1ccccc1. The number of hydrogen-bond acceptors (Lipinski definition) is 3. The molecule has 3 nitrogen and oxygen atoms in total. The molecule has 0 bridgehead atoms. The van der Waals surface area contributed by atoms with Gasteiger partial charge in [-0.15, -0.1) is 0 Å². The zero-order valence-electron chi connectivity index (χ0n) is 20.9. The second-order valence-corrected chi connectivity index (χ2v) is 11.2. The molecule has 0 saturated carbocycles. The molecule has 0 radical (unpaired) electrons. The molecule has 4 heteroatoms. The van der Waals surface area contributed by atoms with Crippen LogP contribution < -0.4 is 15.9 Å². The van der Waals surface area contributed by atoms with E-state index in [1.54, 1.807) is 6.08 Å². The van der Waals surface area contributed by atoms with Crippen molar-refractivity contribution in [3.63, 3.8) is 0 Å². The van der Waals surface area contributed by atoms with Gasteiger partial charge in [-0.2, -0.15) is 0 Å². The van der Waals surface area contributed by atoms with Gasteiger partial charge in [-0.05, 0) is 18.6 Å². The van der Waals surface area contributed by atoms with Crippen molar-refractivity contribution in [3.8, 4) is 0 Å². The first-order valence-electron chi connectivity index (χ1n) is 12.3. The van der Waals surface area contributed by atoms with Crippen molar-refractivity contribution in [2.24, 2.45) is 4.74 Å². The minimum Gasteiger partial charge on any atom is -0.461 e. The summed E-state index contributed by atoms with van der Waals surface area (Å²) in [6.45, 7) is 2.08. The summed E-state index contributed by atoms with van der Waals surface area (Å²) < 4.78 is 10.8. The van der Waals surface area contributed by atoms with Crippen LogP contribution in [0.15, 0.2) is 156 Å². The molecule has 0 saturated heterocycles. The van der Waals surface area contributed by atoms with Crippen molar-refractivity contribution < 1.29 is 9.53 Å². The largest absolute Gasteiger partial charge is 0.461 e. The number of carbonyl (C=O) groups excluding carboxylic acids is 1. The van der Waals surface area contributed by atoms with Crippen molar-refractivity contribution in [1.29, 1.82) is 0 Å². The first-order chi connectivity index (χ1) is 18.2. The number of rotatable bonds is 9. The lowest BCUT2D eigenvalue weighted by Crippen LogP contribution is -2.26. The van der Waals surface area contributed by atoms with E-state index in [9.17, 15) is 4.79 Å². The van der Waals surface area contributed by atoms with E-state index in [0.29, 0.717) is 0 Å². The van der Waals surface area contributed by atoms with Crippen LogP contribution in [0.3, 0.4) is 0 Å². The Morgan fingerprint density at radius 1 is 0.676 bits per heavy atom. The van der Waals surface area contributed by atoms with Crippen molar-refractivity contribution in [2.45, 2.75) is 6.92 Å². The molecule has 0 unspecified atom stereocenters. The third kappa shape index (κ3) is 6.52. The topological polar surface area (TPSA) is 38.7 Å². The van der Waals surface area contributed by atoms with Crippen LogP contribution in [0.25, 0.3) is 6.08 Å². The highest BCUT2D eigenvalue weighted by molar-refractivity contribution is 7.87. The Kier molecular flexibility index (Phi) is 9.23. The van der Waals surface area contributed by atoms with Crippen molar-refractivity contribution in [2.75, 3.05) is 6.61 Å². The predicted molar refractivity (Wildman–Crippen MR) is 157 cm³/mol. The molecule has 184 valence electrons. The smallest absolute Gasteiger partial charge is 0.356 e. The molecule has 0 atom stereocenters. The quantitative estimate of drug-likeness (QED) is 0.108. The lowest BCUT2D eigenvalue weighted by atomic mass is 10.2. The number of allylic oxidation sites excluding steroid dienone is 4. The molecular weight excluding hydrogens is 473 g/mol. The van der Waals surface area contributed by atoms with Crippen molar-refractivity contribution in [3.05, 3.63) is 157 Å². The Bertz CT molecular complexity index is 1320. The first kappa shape index (κ1) is 25.9. The number of carbonyl (C=O) groups is 1. The normalized spacial score (nSPS) is 12.1. The molecule has 4 rings (SSSR count). The van der Waals surface area contributed by atoms with E-state index in [1.807, 2.05) is 116 Å². The van der Waals surface area contributed by atoms with E-state index < -0.39 is 13.0 Å². The summed E-state index contributed by atoms with van der Waals surface area (Å²) in [6, 6.07) is 40.8. The van der Waals surface area contributed by atoms with Gasteiger partial charge in [0.2, 0.25) is 0 Å². The summed E-state index contributed by atoms with van der Waals surface area (Å²) in [5, 5.41) is 3.20. The molecule has 0 aliphatic rings. The van der Waals surface area contributed by atoms with Gasteiger partial charge < -0.3 is 4.74 Å². The number of benzene rings is 4. The maximum atomic E-state index is 13.2. The van der Waals surface area contributed by atoms with E-state index in [1.165, 1.54) is 0 Å². The zero-order valence-corrected chi connectivity index (χ0v) is 21.7. The van der Waals surface area contributed by atoms with Gasteiger partial charge in [-0.3, -0.25) is 0 Å². The summed E-state index contributed by atoms with van der Waals surface area (Å²) in [5.74, 6) is -0.439. The molecule has 37 heavy (non-hydrogen) atoms. The van der Waals surface area contributed by atoms with Crippen molar-refractivity contribution >= 4 is 35.0 Å². The predicted octanol–water partition coefficient (Wildman–Crippen LogP) is 6.88. The van der Waals surface area contributed by atoms with Gasteiger partial charge >= 0.3 is 5.97 Å². The van der Waals surface area contributed by atoms with E-state index in [4.69, 9.17) is 9.48 Å². The zero-order chi connectivity index (χ0) is 25.8.